The summed E-state index contributed by atoms with van der Waals surface area (Å²) < 4.78 is 18.2. The van der Waals surface area contributed by atoms with Crippen molar-refractivity contribution in [1.82, 2.24) is 0 Å². The smallest absolute Gasteiger partial charge is 0.337 e. The Morgan fingerprint density at radius 2 is 1.90 bits per heavy atom. The first-order chi connectivity index (χ1) is 9.57. The van der Waals surface area contributed by atoms with Gasteiger partial charge in [0.1, 0.15) is 29.7 Å². The molecule has 0 unspecified atom stereocenters. The number of halogens is 1. The number of ether oxygens (including phenoxy) is 1. The summed E-state index contributed by atoms with van der Waals surface area (Å²) >= 11 is 0. The molecule has 0 spiro atoms. The average molecular weight is 270 g/mol. The quantitative estimate of drug-likeness (QED) is 0.663. The summed E-state index contributed by atoms with van der Waals surface area (Å²) in [5, 5.41) is 28.4. The summed E-state index contributed by atoms with van der Waals surface area (Å²) in [7, 11) is 1.16. The molecule has 0 atom stereocenters. The highest BCUT2D eigenvalue weighted by Gasteiger charge is 2.12. The zero-order valence-electron chi connectivity index (χ0n) is 10.3. The van der Waals surface area contributed by atoms with Gasteiger partial charge >= 0.3 is 5.97 Å². The number of carbonyl (C=O) groups is 1. The Hall–Kier alpha value is -3.37. The van der Waals surface area contributed by atoms with Crippen LogP contribution in [0.4, 0.5) is 10.1 Å². The highest BCUT2D eigenvalue weighted by molar-refractivity contribution is 5.89. The van der Waals surface area contributed by atoms with E-state index in [2.05, 4.69) is 10.1 Å². The van der Waals surface area contributed by atoms with Gasteiger partial charge in [0.05, 0.1) is 18.4 Å². The lowest BCUT2D eigenvalue weighted by molar-refractivity contribution is 0.0600. The van der Waals surface area contributed by atoms with Crippen molar-refractivity contribution in [3.05, 3.63) is 40.8 Å². The number of benzene rings is 1. The number of hydrogen-bond acceptors (Lipinski definition) is 6. The fraction of sp³-hybridized carbons (Fsp3) is 0.0769. The first kappa shape index (κ1) is 14.7. The Morgan fingerprint density at radius 3 is 2.35 bits per heavy atom. The molecule has 0 aliphatic rings. The fourth-order valence-corrected chi connectivity index (χ4v) is 1.28. The summed E-state index contributed by atoms with van der Waals surface area (Å²) in [6.07, 6.45) is 0. The van der Waals surface area contributed by atoms with Gasteiger partial charge in [-0.15, -0.1) is 0 Å². The van der Waals surface area contributed by atoms with Crippen LogP contribution in [0, 0.1) is 39.8 Å². The Kier molecular flexibility index (Phi) is 4.80. The van der Waals surface area contributed by atoms with Crippen LogP contribution in [0.5, 0.6) is 0 Å². The molecule has 20 heavy (non-hydrogen) atoms. The van der Waals surface area contributed by atoms with E-state index in [4.69, 9.17) is 15.8 Å². The van der Waals surface area contributed by atoms with E-state index in [-0.39, 0.29) is 16.9 Å². The van der Waals surface area contributed by atoms with Crippen LogP contribution >= 0.6 is 0 Å². The second kappa shape index (κ2) is 6.53. The molecule has 0 aliphatic heterocycles. The van der Waals surface area contributed by atoms with Crippen LogP contribution in [-0.2, 0) is 4.74 Å². The molecule has 98 valence electrons. The number of methoxy groups -OCH3 is 1. The molecule has 0 aliphatic carbocycles. The largest absolute Gasteiger partial charge is 0.465 e. The summed E-state index contributed by atoms with van der Waals surface area (Å²) in [5.74, 6) is -1.53. The molecule has 1 N–H and O–H groups in total. The molecule has 1 rings (SSSR count). The zero-order valence-corrected chi connectivity index (χ0v) is 10.3. The van der Waals surface area contributed by atoms with Crippen LogP contribution < -0.4 is 5.32 Å². The third-order valence-corrected chi connectivity index (χ3v) is 2.24. The van der Waals surface area contributed by atoms with Gasteiger partial charge in [-0.1, -0.05) is 0 Å². The fourth-order valence-electron chi connectivity index (χ4n) is 1.28. The van der Waals surface area contributed by atoms with Gasteiger partial charge in [-0.25, -0.2) is 9.18 Å². The van der Waals surface area contributed by atoms with Crippen molar-refractivity contribution < 1.29 is 13.9 Å². The van der Waals surface area contributed by atoms with Gasteiger partial charge in [-0.05, 0) is 18.2 Å². The van der Waals surface area contributed by atoms with Gasteiger partial charge in [-0.3, -0.25) is 0 Å². The molecule has 1 aromatic rings. The summed E-state index contributed by atoms with van der Waals surface area (Å²) in [6, 6.07) is 8.03. The van der Waals surface area contributed by atoms with Crippen LogP contribution in [0.3, 0.4) is 0 Å². The number of nitrogens with zero attached hydrogens (tertiary/aromatic N) is 3. The molecule has 0 saturated heterocycles. The molecular weight excluding hydrogens is 263 g/mol. The molecule has 0 radical (unpaired) electrons. The van der Waals surface area contributed by atoms with Gasteiger partial charge in [-0.2, -0.15) is 15.8 Å². The van der Waals surface area contributed by atoms with Crippen LogP contribution in [0.1, 0.15) is 10.4 Å². The van der Waals surface area contributed by atoms with Crippen LogP contribution in [0.2, 0.25) is 0 Å². The number of anilines is 1. The first-order valence-electron chi connectivity index (χ1n) is 5.16. The molecule has 7 heteroatoms. The van der Waals surface area contributed by atoms with Gasteiger partial charge in [0.15, 0.2) is 5.57 Å². The Labute approximate surface area is 113 Å². The van der Waals surface area contributed by atoms with E-state index in [1.165, 1.54) is 24.3 Å². The molecule has 0 saturated carbocycles. The van der Waals surface area contributed by atoms with Gasteiger partial charge in [0, 0.05) is 0 Å². The highest BCUT2D eigenvalue weighted by Crippen LogP contribution is 2.19. The van der Waals surface area contributed by atoms with Crippen molar-refractivity contribution in [2.24, 2.45) is 0 Å². The topological polar surface area (TPSA) is 110 Å². The second-order valence-corrected chi connectivity index (χ2v) is 3.40. The molecule has 0 aromatic heterocycles. The molecule has 0 amide bonds. The number of allylic oxidation sites excluding steroid dienone is 2. The lowest BCUT2D eigenvalue weighted by Gasteiger charge is -2.07. The second-order valence-electron chi connectivity index (χ2n) is 3.40. The molecular formula is C13H7FN4O2. The maximum Gasteiger partial charge on any atom is 0.337 e. The minimum absolute atomic E-state index is 0.00109. The maximum atomic E-state index is 13.7. The normalized spacial score (nSPS) is 8.55. The minimum Gasteiger partial charge on any atom is -0.465 e. The van der Waals surface area contributed by atoms with E-state index < -0.39 is 17.4 Å². The summed E-state index contributed by atoms with van der Waals surface area (Å²) in [5.41, 5.74) is -0.986. The van der Waals surface area contributed by atoms with Crippen molar-refractivity contribution in [2.75, 3.05) is 12.4 Å². The SMILES string of the molecule is COC(=O)c1ccc(NC(C#N)=C(C#N)C#N)c(F)c1. The monoisotopic (exact) mass is 270 g/mol. The van der Waals surface area contributed by atoms with Crippen molar-refractivity contribution in [3.63, 3.8) is 0 Å². The number of esters is 1. The highest BCUT2D eigenvalue weighted by atomic mass is 19.1. The summed E-state index contributed by atoms with van der Waals surface area (Å²) in [4.78, 5) is 11.2. The maximum absolute atomic E-state index is 13.7. The molecule has 0 bridgehead atoms. The number of nitrogens with one attached hydrogen (secondary N) is 1. The van der Waals surface area contributed by atoms with Crippen LogP contribution in [0.25, 0.3) is 0 Å². The third kappa shape index (κ3) is 3.10. The first-order valence-corrected chi connectivity index (χ1v) is 5.16. The molecule has 6 nitrogen and oxygen atoms in total. The van der Waals surface area contributed by atoms with Crippen molar-refractivity contribution in [2.45, 2.75) is 0 Å². The van der Waals surface area contributed by atoms with E-state index >= 15 is 0 Å². The number of hydrogen-bond donors (Lipinski definition) is 1. The minimum atomic E-state index is -0.823. The Balaban J connectivity index is 3.16. The van der Waals surface area contributed by atoms with Gasteiger partial charge in [0.2, 0.25) is 0 Å². The van der Waals surface area contributed by atoms with Crippen LogP contribution in [-0.4, -0.2) is 13.1 Å². The Bertz CT molecular complexity index is 689. The number of nitriles is 3. The molecule has 1 aromatic carbocycles. The van der Waals surface area contributed by atoms with E-state index in [1.807, 2.05) is 0 Å². The van der Waals surface area contributed by atoms with Crippen LogP contribution in [0.15, 0.2) is 29.5 Å². The Morgan fingerprint density at radius 1 is 1.25 bits per heavy atom. The predicted molar refractivity (Wildman–Crippen MR) is 65.2 cm³/mol. The third-order valence-electron chi connectivity index (χ3n) is 2.24. The lowest BCUT2D eigenvalue weighted by atomic mass is 10.2. The number of rotatable bonds is 3. The molecule has 0 heterocycles. The van der Waals surface area contributed by atoms with E-state index in [0.717, 1.165) is 13.2 Å². The van der Waals surface area contributed by atoms with Gasteiger partial charge < -0.3 is 10.1 Å². The van der Waals surface area contributed by atoms with E-state index in [0.29, 0.717) is 0 Å². The van der Waals surface area contributed by atoms with Gasteiger partial charge in [0.25, 0.3) is 0 Å². The summed E-state index contributed by atoms with van der Waals surface area (Å²) in [6.45, 7) is 0. The number of carbonyl (C=O) groups excluding carboxylic acids is 1. The van der Waals surface area contributed by atoms with Crippen molar-refractivity contribution in [1.29, 1.82) is 15.8 Å². The zero-order chi connectivity index (χ0) is 15.1. The standard InChI is InChI=1S/C13H7FN4O2/c1-20-13(19)8-2-3-11(10(14)4-8)18-12(7-17)9(5-15)6-16/h2-4,18H,1H3. The van der Waals surface area contributed by atoms with Crippen molar-refractivity contribution >= 4 is 11.7 Å². The predicted octanol–water partition coefficient (Wildman–Crippen LogP) is 1.85. The van der Waals surface area contributed by atoms with Crippen molar-refractivity contribution in [3.8, 4) is 18.2 Å². The lowest BCUT2D eigenvalue weighted by Crippen LogP contribution is -2.05. The van der Waals surface area contributed by atoms with E-state index in [9.17, 15) is 9.18 Å². The molecule has 0 fully saturated rings. The average Bonchev–Trinajstić information content (AvgIpc) is 2.47. The van der Waals surface area contributed by atoms with E-state index in [1.54, 1.807) is 6.07 Å².